The zero-order valence-electron chi connectivity index (χ0n) is 21.2. The van der Waals surface area contributed by atoms with Crippen LogP contribution in [0.2, 0.25) is 0 Å². The normalized spacial score (nSPS) is 43.2. The Labute approximate surface area is 218 Å². The topological polar surface area (TPSA) is 185 Å². The standard InChI is InChI=1S/C26H34O12/c1-25-8-15(12-6-7-35-11-12)38-24(32)26(25,33)9-16(18-13(22(31)34-2)4-3-5-14(18)25)36-23-21(30)20(29)19(28)17(10-27)37-23/h6-7,11,14-17,19-21,23,27-30,33H,3-5,8-10H2,1-2H3/t14-,15+,16-,17-,19-,20+,21-,23-,25+,26-/m1/s1. The van der Waals surface area contributed by atoms with E-state index in [4.69, 9.17) is 23.4 Å². The molecule has 4 aliphatic rings. The van der Waals surface area contributed by atoms with Crippen LogP contribution in [-0.4, -0.2) is 93.6 Å². The third-order valence-electron chi connectivity index (χ3n) is 8.88. The molecular weight excluding hydrogens is 504 g/mol. The molecule has 2 aliphatic heterocycles. The molecule has 5 rings (SSSR count). The lowest BCUT2D eigenvalue weighted by atomic mass is 9.50. The summed E-state index contributed by atoms with van der Waals surface area (Å²) < 4.78 is 27.5. The highest BCUT2D eigenvalue weighted by Crippen LogP contribution is 2.62. The first-order valence-corrected chi connectivity index (χ1v) is 12.8. The minimum absolute atomic E-state index is 0.254. The fourth-order valence-corrected chi connectivity index (χ4v) is 6.70. The van der Waals surface area contributed by atoms with E-state index in [2.05, 4.69) is 0 Å². The largest absolute Gasteiger partial charge is 0.472 e. The van der Waals surface area contributed by atoms with Crippen molar-refractivity contribution in [3.63, 3.8) is 0 Å². The Bertz CT molecular complexity index is 1080. The maximum absolute atomic E-state index is 13.4. The van der Waals surface area contributed by atoms with Crippen molar-refractivity contribution in [1.82, 2.24) is 0 Å². The van der Waals surface area contributed by atoms with E-state index in [1.54, 1.807) is 13.0 Å². The van der Waals surface area contributed by atoms with Gasteiger partial charge in [-0.1, -0.05) is 6.92 Å². The third kappa shape index (κ3) is 4.10. The van der Waals surface area contributed by atoms with Gasteiger partial charge in [0.1, 0.15) is 30.5 Å². The van der Waals surface area contributed by atoms with Gasteiger partial charge in [0.25, 0.3) is 0 Å². The average Bonchev–Trinajstić information content (AvgIpc) is 3.45. The van der Waals surface area contributed by atoms with Crippen molar-refractivity contribution < 1.29 is 58.5 Å². The summed E-state index contributed by atoms with van der Waals surface area (Å²) in [6.07, 6.45) is -5.09. The van der Waals surface area contributed by atoms with Gasteiger partial charge in [-0.05, 0) is 43.2 Å². The molecule has 0 amide bonds. The number of furan rings is 1. The van der Waals surface area contributed by atoms with Gasteiger partial charge in [-0.2, -0.15) is 0 Å². The Morgan fingerprint density at radius 2 is 1.95 bits per heavy atom. The summed E-state index contributed by atoms with van der Waals surface area (Å²) in [5, 5.41) is 52.6. The molecule has 5 N–H and O–H groups in total. The number of cyclic esters (lactones) is 1. The van der Waals surface area contributed by atoms with Crippen LogP contribution in [-0.2, 0) is 28.5 Å². The lowest BCUT2D eigenvalue weighted by Gasteiger charge is -2.59. The molecule has 1 aromatic rings. The predicted molar refractivity (Wildman–Crippen MR) is 125 cm³/mol. The SMILES string of the molecule is COC(=O)C1=C2[C@@H](CCC1)[C@]1(C)C[C@@H](c3ccoc3)OC(=O)[C@]1(O)C[C@H]2O[C@@H]1O[C@H](CO)[C@@H](O)[C@H](O)[C@H]1O. The van der Waals surface area contributed by atoms with Gasteiger partial charge in [-0.25, -0.2) is 9.59 Å². The van der Waals surface area contributed by atoms with Gasteiger partial charge >= 0.3 is 11.9 Å². The van der Waals surface area contributed by atoms with Crippen LogP contribution in [0.15, 0.2) is 34.2 Å². The summed E-state index contributed by atoms with van der Waals surface area (Å²) in [4.78, 5) is 26.3. The van der Waals surface area contributed by atoms with Crippen LogP contribution in [0.25, 0.3) is 0 Å². The predicted octanol–water partition coefficient (Wildman–Crippen LogP) is -0.136. The third-order valence-corrected chi connectivity index (χ3v) is 8.88. The molecule has 2 saturated heterocycles. The highest BCUT2D eigenvalue weighted by molar-refractivity contribution is 5.90. The Morgan fingerprint density at radius 1 is 1.18 bits per heavy atom. The molecule has 1 aromatic heterocycles. The van der Waals surface area contributed by atoms with Gasteiger partial charge in [-0.15, -0.1) is 0 Å². The van der Waals surface area contributed by atoms with Crippen molar-refractivity contribution in [3.8, 4) is 0 Å². The maximum Gasteiger partial charge on any atom is 0.339 e. The first-order chi connectivity index (χ1) is 18.1. The van der Waals surface area contributed by atoms with E-state index in [9.17, 15) is 35.1 Å². The second kappa shape index (κ2) is 10.0. The van der Waals surface area contributed by atoms with Gasteiger partial charge < -0.3 is 48.9 Å². The van der Waals surface area contributed by atoms with Crippen molar-refractivity contribution >= 4 is 11.9 Å². The van der Waals surface area contributed by atoms with Crippen molar-refractivity contribution in [2.24, 2.45) is 11.3 Å². The van der Waals surface area contributed by atoms with Crippen LogP contribution in [0.5, 0.6) is 0 Å². The Balaban J connectivity index is 1.56. The monoisotopic (exact) mass is 538 g/mol. The number of ether oxygens (including phenoxy) is 4. The van der Waals surface area contributed by atoms with Gasteiger partial charge in [0.05, 0.1) is 32.3 Å². The molecule has 3 fully saturated rings. The second-order valence-electron chi connectivity index (χ2n) is 10.8. The van der Waals surface area contributed by atoms with E-state index in [0.717, 1.165) is 0 Å². The minimum atomic E-state index is -2.02. The van der Waals surface area contributed by atoms with Gasteiger partial charge in [0.15, 0.2) is 11.9 Å². The fraction of sp³-hybridized carbons (Fsp3) is 0.692. The van der Waals surface area contributed by atoms with E-state index in [0.29, 0.717) is 36.0 Å². The lowest BCUT2D eigenvalue weighted by Crippen LogP contribution is -2.67. The van der Waals surface area contributed by atoms with E-state index in [1.807, 2.05) is 0 Å². The number of hydrogen-bond donors (Lipinski definition) is 5. The summed E-state index contributed by atoms with van der Waals surface area (Å²) in [5.41, 5.74) is -1.53. The molecular formula is C26H34O12. The quantitative estimate of drug-likeness (QED) is 0.313. The average molecular weight is 539 g/mol. The lowest BCUT2D eigenvalue weighted by molar-refractivity contribution is -0.317. The van der Waals surface area contributed by atoms with Gasteiger partial charge in [0, 0.05) is 23.0 Å². The number of fused-ring (bicyclic) bond motifs is 3. The van der Waals surface area contributed by atoms with Crippen molar-refractivity contribution in [2.75, 3.05) is 13.7 Å². The molecule has 12 heteroatoms. The van der Waals surface area contributed by atoms with E-state index >= 15 is 0 Å². The van der Waals surface area contributed by atoms with E-state index in [-0.39, 0.29) is 12.8 Å². The Morgan fingerprint density at radius 3 is 2.61 bits per heavy atom. The molecule has 1 saturated carbocycles. The van der Waals surface area contributed by atoms with Crippen LogP contribution in [0.1, 0.15) is 50.7 Å². The summed E-state index contributed by atoms with van der Waals surface area (Å²) in [6, 6.07) is 1.69. The van der Waals surface area contributed by atoms with Crippen molar-refractivity contribution in [2.45, 2.75) is 87.5 Å². The van der Waals surface area contributed by atoms with Crippen LogP contribution in [0, 0.1) is 11.3 Å². The van der Waals surface area contributed by atoms with Crippen molar-refractivity contribution in [1.29, 1.82) is 0 Å². The minimum Gasteiger partial charge on any atom is -0.472 e. The highest BCUT2D eigenvalue weighted by atomic mass is 16.7. The smallest absolute Gasteiger partial charge is 0.339 e. The molecule has 0 spiro atoms. The molecule has 0 unspecified atom stereocenters. The van der Waals surface area contributed by atoms with Gasteiger partial charge in [-0.3, -0.25) is 0 Å². The summed E-state index contributed by atoms with van der Waals surface area (Å²) >= 11 is 0. The zero-order chi connectivity index (χ0) is 27.4. The molecule has 0 bridgehead atoms. The first kappa shape index (κ1) is 27.3. The number of rotatable bonds is 5. The number of hydrogen-bond acceptors (Lipinski definition) is 12. The summed E-state index contributed by atoms with van der Waals surface area (Å²) in [6.45, 7) is 1.15. The van der Waals surface area contributed by atoms with Crippen LogP contribution < -0.4 is 0 Å². The second-order valence-corrected chi connectivity index (χ2v) is 10.8. The van der Waals surface area contributed by atoms with Crippen LogP contribution in [0.4, 0.5) is 0 Å². The highest BCUT2D eigenvalue weighted by Gasteiger charge is 2.67. The fourth-order valence-electron chi connectivity index (χ4n) is 6.70. The summed E-state index contributed by atoms with van der Waals surface area (Å²) in [5.74, 6) is -1.91. The zero-order valence-corrected chi connectivity index (χ0v) is 21.2. The molecule has 38 heavy (non-hydrogen) atoms. The van der Waals surface area contributed by atoms with Crippen molar-refractivity contribution in [3.05, 3.63) is 35.3 Å². The number of aliphatic hydroxyl groups excluding tert-OH is 4. The number of carbonyl (C=O) groups excluding carboxylic acids is 2. The Kier molecular flexibility index (Phi) is 7.18. The van der Waals surface area contributed by atoms with Crippen LogP contribution in [0.3, 0.4) is 0 Å². The van der Waals surface area contributed by atoms with Crippen LogP contribution >= 0.6 is 0 Å². The number of methoxy groups -OCH3 is 1. The molecule has 0 radical (unpaired) electrons. The number of esters is 2. The molecule has 210 valence electrons. The van der Waals surface area contributed by atoms with E-state index < -0.39 is 78.4 Å². The van der Waals surface area contributed by atoms with E-state index in [1.165, 1.54) is 19.6 Å². The molecule has 10 atom stereocenters. The molecule has 2 aliphatic carbocycles. The molecule has 3 heterocycles. The molecule has 12 nitrogen and oxygen atoms in total. The Hall–Kier alpha value is -2.32. The number of carbonyl (C=O) groups is 2. The maximum atomic E-state index is 13.4. The summed E-state index contributed by atoms with van der Waals surface area (Å²) in [7, 11) is 1.26. The first-order valence-electron chi connectivity index (χ1n) is 12.8. The van der Waals surface area contributed by atoms with Gasteiger partial charge in [0.2, 0.25) is 0 Å². The molecule has 0 aromatic carbocycles. The number of aliphatic hydroxyl groups is 5.